The second kappa shape index (κ2) is 4.97. The SMILES string of the molecule is Oc1cc2ccccc2c2c1C(c1ccccc1)c1ccccc1-2. The van der Waals surface area contributed by atoms with E-state index in [4.69, 9.17) is 0 Å². The van der Waals surface area contributed by atoms with Crippen LogP contribution in [0.1, 0.15) is 22.6 Å². The Balaban J connectivity index is 1.94. The van der Waals surface area contributed by atoms with Gasteiger partial charge in [-0.1, -0.05) is 78.9 Å². The van der Waals surface area contributed by atoms with E-state index in [0.717, 1.165) is 10.9 Å². The number of rotatable bonds is 1. The molecule has 0 spiro atoms. The molecule has 1 N–H and O–H groups in total. The molecule has 4 aromatic carbocycles. The largest absolute Gasteiger partial charge is 0.508 e. The number of phenolic OH excluding ortho intramolecular Hbond substituents is 1. The fourth-order valence-electron chi connectivity index (χ4n) is 4.05. The van der Waals surface area contributed by atoms with E-state index in [1.54, 1.807) is 0 Å². The maximum absolute atomic E-state index is 10.8. The minimum atomic E-state index is 0.0852. The molecule has 4 aromatic rings. The van der Waals surface area contributed by atoms with E-state index in [0.29, 0.717) is 5.75 Å². The molecule has 24 heavy (non-hydrogen) atoms. The van der Waals surface area contributed by atoms with Gasteiger partial charge in [0.05, 0.1) is 0 Å². The summed E-state index contributed by atoms with van der Waals surface area (Å²) < 4.78 is 0. The molecule has 0 saturated carbocycles. The Morgan fingerprint density at radius 2 is 1.42 bits per heavy atom. The summed E-state index contributed by atoms with van der Waals surface area (Å²) in [6, 6.07) is 29.2. The molecule has 0 saturated heterocycles. The second-order valence-electron chi connectivity index (χ2n) is 6.34. The quantitative estimate of drug-likeness (QED) is 0.421. The Kier molecular flexibility index (Phi) is 2.77. The Morgan fingerprint density at radius 3 is 2.29 bits per heavy atom. The standard InChI is InChI=1S/C23H16O/c24-20-14-16-10-4-5-11-17(16)22-19-13-7-6-12-18(19)21(23(20)22)15-8-2-1-3-9-15/h1-14,21,24H. The first-order valence-electron chi connectivity index (χ1n) is 8.23. The molecule has 0 heterocycles. The average molecular weight is 308 g/mol. The van der Waals surface area contributed by atoms with E-state index in [-0.39, 0.29) is 5.92 Å². The van der Waals surface area contributed by atoms with Crippen LogP contribution in [0.5, 0.6) is 5.75 Å². The van der Waals surface area contributed by atoms with Gasteiger partial charge < -0.3 is 5.11 Å². The summed E-state index contributed by atoms with van der Waals surface area (Å²) in [4.78, 5) is 0. The van der Waals surface area contributed by atoms with Gasteiger partial charge in [0, 0.05) is 11.5 Å². The zero-order valence-corrected chi connectivity index (χ0v) is 13.1. The van der Waals surface area contributed by atoms with Gasteiger partial charge in [0.2, 0.25) is 0 Å². The molecule has 0 bridgehead atoms. The van der Waals surface area contributed by atoms with Gasteiger partial charge in [-0.15, -0.1) is 0 Å². The smallest absolute Gasteiger partial charge is 0.120 e. The monoisotopic (exact) mass is 308 g/mol. The van der Waals surface area contributed by atoms with Crippen LogP contribution in [0.15, 0.2) is 84.9 Å². The summed E-state index contributed by atoms with van der Waals surface area (Å²) in [5, 5.41) is 13.1. The summed E-state index contributed by atoms with van der Waals surface area (Å²) in [6.07, 6.45) is 0. The molecule has 0 aliphatic heterocycles. The van der Waals surface area contributed by atoms with Crippen LogP contribution in [0.3, 0.4) is 0 Å². The summed E-state index contributed by atoms with van der Waals surface area (Å²) >= 11 is 0. The molecule has 0 aromatic heterocycles. The molecule has 1 atom stereocenters. The van der Waals surface area contributed by atoms with Crippen LogP contribution >= 0.6 is 0 Å². The van der Waals surface area contributed by atoms with Gasteiger partial charge in [-0.2, -0.15) is 0 Å². The van der Waals surface area contributed by atoms with Crippen molar-refractivity contribution in [1.29, 1.82) is 0 Å². The third-order valence-corrected chi connectivity index (χ3v) is 5.03. The Labute approximate surface area is 140 Å². The number of hydrogen-bond donors (Lipinski definition) is 1. The number of aromatic hydroxyl groups is 1. The van der Waals surface area contributed by atoms with Gasteiger partial charge >= 0.3 is 0 Å². The molecular weight excluding hydrogens is 292 g/mol. The Hall–Kier alpha value is -3.06. The third kappa shape index (κ3) is 1.75. The van der Waals surface area contributed by atoms with Crippen LogP contribution in [0.25, 0.3) is 21.9 Å². The van der Waals surface area contributed by atoms with Crippen molar-refractivity contribution in [3.63, 3.8) is 0 Å². The van der Waals surface area contributed by atoms with Crippen LogP contribution in [-0.4, -0.2) is 5.11 Å². The third-order valence-electron chi connectivity index (χ3n) is 5.03. The van der Waals surface area contributed by atoms with Crippen molar-refractivity contribution in [2.75, 3.05) is 0 Å². The lowest BCUT2D eigenvalue weighted by molar-refractivity contribution is 0.469. The van der Waals surface area contributed by atoms with Crippen LogP contribution in [-0.2, 0) is 0 Å². The molecule has 0 fully saturated rings. The molecule has 1 aliphatic carbocycles. The van der Waals surface area contributed by atoms with Crippen molar-refractivity contribution in [3.8, 4) is 16.9 Å². The molecule has 1 aliphatic rings. The molecule has 1 heteroatoms. The highest BCUT2D eigenvalue weighted by atomic mass is 16.3. The van der Waals surface area contributed by atoms with Gasteiger partial charge in [0.1, 0.15) is 5.75 Å². The van der Waals surface area contributed by atoms with Gasteiger partial charge in [0.15, 0.2) is 0 Å². The first kappa shape index (κ1) is 13.4. The lowest BCUT2D eigenvalue weighted by Gasteiger charge is -2.16. The van der Waals surface area contributed by atoms with Crippen LogP contribution in [0.2, 0.25) is 0 Å². The lowest BCUT2D eigenvalue weighted by Crippen LogP contribution is -1.99. The average Bonchev–Trinajstić information content (AvgIpc) is 2.99. The zero-order valence-electron chi connectivity index (χ0n) is 13.1. The number of fused-ring (bicyclic) bond motifs is 5. The topological polar surface area (TPSA) is 20.2 Å². The number of phenols is 1. The van der Waals surface area contributed by atoms with E-state index >= 15 is 0 Å². The lowest BCUT2D eigenvalue weighted by atomic mass is 9.88. The van der Waals surface area contributed by atoms with Crippen molar-refractivity contribution >= 4 is 10.8 Å². The van der Waals surface area contributed by atoms with Crippen LogP contribution < -0.4 is 0 Å². The van der Waals surface area contributed by atoms with E-state index in [2.05, 4.69) is 66.7 Å². The summed E-state index contributed by atoms with van der Waals surface area (Å²) in [7, 11) is 0. The highest BCUT2D eigenvalue weighted by molar-refractivity contribution is 6.03. The van der Waals surface area contributed by atoms with E-state index in [1.807, 2.05) is 18.2 Å². The van der Waals surface area contributed by atoms with Gasteiger partial charge in [0.25, 0.3) is 0 Å². The maximum Gasteiger partial charge on any atom is 0.120 e. The molecule has 114 valence electrons. The molecule has 1 unspecified atom stereocenters. The Bertz CT molecular complexity index is 1060. The highest BCUT2D eigenvalue weighted by Crippen LogP contribution is 2.53. The van der Waals surface area contributed by atoms with Gasteiger partial charge in [-0.25, -0.2) is 0 Å². The second-order valence-corrected chi connectivity index (χ2v) is 6.34. The van der Waals surface area contributed by atoms with E-state index in [9.17, 15) is 5.11 Å². The van der Waals surface area contributed by atoms with Crippen molar-refractivity contribution in [2.24, 2.45) is 0 Å². The fourth-order valence-corrected chi connectivity index (χ4v) is 4.05. The molecule has 0 amide bonds. The highest BCUT2D eigenvalue weighted by Gasteiger charge is 2.33. The Morgan fingerprint density at radius 1 is 0.708 bits per heavy atom. The predicted octanol–water partition coefficient (Wildman–Crippen LogP) is 5.71. The van der Waals surface area contributed by atoms with Crippen LogP contribution in [0.4, 0.5) is 0 Å². The fraction of sp³-hybridized carbons (Fsp3) is 0.0435. The first-order chi connectivity index (χ1) is 11.8. The van der Waals surface area contributed by atoms with Crippen molar-refractivity contribution < 1.29 is 5.11 Å². The number of hydrogen-bond acceptors (Lipinski definition) is 1. The van der Waals surface area contributed by atoms with Crippen LogP contribution in [0, 0.1) is 0 Å². The predicted molar refractivity (Wildman–Crippen MR) is 98.4 cm³/mol. The normalized spacial score (nSPS) is 15.2. The van der Waals surface area contributed by atoms with Crippen molar-refractivity contribution in [2.45, 2.75) is 5.92 Å². The van der Waals surface area contributed by atoms with Gasteiger partial charge in [-0.3, -0.25) is 0 Å². The minimum Gasteiger partial charge on any atom is -0.508 e. The number of benzene rings is 4. The molecular formula is C23H16O. The van der Waals surface area contributed by atoms with Gasteiger partial charge in [-0.05, 0) is 39.1 Å². The molecule has 1 nitrogen and oxygen atoms in total. The maximum atomic E-state index is 10.8. The van der Waals surface area contributed by atoms with E-state index in [1.165, 1.54) is 27.6 Å². The van der Waals surface area contributed by atoms with Crippen molar-refractivity contribution in [3.05, 3.63) is 102 Å². The summed E-state index contributed by atoms with van der Waals surface area (Å²) in [5.41, 5.74) is 5.92. The summed E-state index contributed by atoms with van der Waals surface area (Å²) in [5.74, 6) is 0.468. The summed E-state index contributed by atoms with van der Waals surface area (Å²) in [6.45, 7) is 0. The van der Waals surface area contributed by atoms with Crippen molar-refractivity contribution in [1.82, 2.24) is 0 Å². The van der Waals surface area contributed by atoms with E-state index < -0.39 is 0 Å². The molecule has 5 rings (SSSR count). The zero-order chi connectivity index (χ0) is 16.1. The first-order valence-corrected chi connectivity index (χ1v) is 8.23. The molecule has 0 radical (unpaired) electrons. The minimum absolute atomic E-state index is 0.0852.